The third-order valence-electron chi connectivity index (χ3n) is 2.80. The van der Waals surface area contributed by atoms with Gasteiger partial charge in [-0.1, -0.05) is 13.3 Å². The lowest BCUT2D eigenvalue weighted by Crippen LogP contribution is -2.27. The average Bonchev–Trinajstić information content (AvgIpc) is 2.26. The molecule has 1 N–H and O–H groups in total. The van der Waals surface area contributed by atoms with Crippen molar-refractivity contribution in [1.29, 1.82) is 0 Å². The molecule has 1 aromatic carbocycles. The number of nitro groups is 1. The Morgan fingerprint density at radius 1 is 1.44 bits per heavy atom. The molecule has 0 aliphatic carbocycles. The summed E-state index contributed by atoms with van der Waals surface area (Å²) in [5.41, 5.74) is -0.543. The number of halogens is 2. The Balaban J connectivity index is 3.09. The first-order valence-corrected chi connectivity index (χ1v) is 5.79. The molecule has 0 heterocycles. The number of nitrogens with zero attached hydrogens (tertiary/aromatic N) is 1. The Bertz CT molecular complexity index is 438. The molecule has 0 aliphatic rings. The van der Waals surface area contributed by atoms with Gasteiger partial charge in [0.2, 0.25) is 5.82 Å². The van der Waals surface area contributed by atoms with E-state index in [1.54, 1.807) is 7.05 Å². The molecule has 0 aliphatic heterocycles. The molecule has 1 atom stereocenters. The highest BCUT2D eigenvalue weighted by molar-refractivity contribution is 5.42. The summed E-state index contributed by atoms with van der Waals surface area (Å²) >= 11 is 0. The maximum absolute atomic E-state index is 13.4. The molecule has 0 fully saturated rings. The van der Waals surface area contributed by atoms with Crippen LogP contribution in [0.5, 0.6) is 0 Å². The zero-order valence-electron chi connectivity index (χ0n) is 10.4. The van der Waals surface area contributed by atoms with Gasteiger partial charge in [0.15, 0.2) is 0 Å². The number of hydrogen-bond donors (Lipinski definition) is 1. The number of hydrogen-bond acceptors (Lipinski definition) is 3. The van der Waals surface area contributed by atoms with E-state index in [1.807, 2.05) is 6.92 Å². The summed E-state index contributed by atoms with van der Waals surface area (Å²) in [4.78, 5) is 10.0. The van der Waals surface area contributed by atoms with Crippen LogP contribution in [0, 0.1) is 21.7 Å². The van der Waals surface area contributed by atoms with Crippen LogP contribution in [0.4, 0.5) is 14.5 Å². The molecule has 1 unspecified atom stereocenters. The molecule has 1 rings (SSSR count). The molecule has 6 heteroatoms. The normalized spacial score (nSPS) is 12.4. The Hall–Kier alpha value is -1.56. The van der Waals surface area contributed by atoms with Crippen LogP contribution in [0.1, 0.15) is 25.3 Å². The van der Waals surface area contributed by atoms with Crippen LogP contribution in [0.2, 0.25) is 0 Å². The van der Waals surface area contributed by atoms with Gasteiger partial charge in [-0.3, -0.25) is 10.1 Å². The monoisotopic (exact) mass is 258 g/mol. The van der Waals surface area contributed by atoms with Crippen LogP contribution in [-0.2, 0) is 6.42 Å². The molecular weight excluding hydrogens is 242 g/mol. The van der Waals surface area contributed by atoms with Crippen molar-refractivity contribution in [3.05, 3.63) is 39.4 Å². The fraction of sp³-hybridized carbons (Fsp3) is 0.500. The van der Waals surface area contributed by atoms with Crippen molar-refractivity contribution in [1.82, 2.24) is 5.32 Å². The molecule has 0 saturated heterocycles. The highest BCUT2D eigenvalue weighted by Crippen LogP contribution is 2.25. The summed E-state index contributed by atoms with van der Waals surface area (Å²) in [6, 6.07) is 1.53. The molecule has 0 spiro atoms. The van der Waals surface area contributed by atoms with Crippen LogP contribution in [0.3, 0.4) is 0 Å². The highest BCUT2D eigenvalue weighted by atomic mass is 19.1. The van der Waals surface area contributed by atoms with Crippen molar-refractivity contribution in [2.75, 3.05) is 7.05 Å². The first-order valence-electron chi connectivity index (χ1n) is 5.79. The largest absolute Gasteiger partial charge is 0.317 e. The SMILES string of the molecule is CCCC(Cc1cc(F)cc(F)c1[N+](=O)[O-])NC. The van der Waals surface area contributed by atoms with Gasteiger partial charge in [0.05, 0.1) is 4.92 Å². The van der Waals surface area contributed by atoms with E-state index in [0.29, 0.717) is 6.07 Å². The number of rotatable bonds is 6. The predicted octanol–water partition coefficient (Wildman–Crippen LogP) is 2.80. The maximum Gasteiger partial charge on any atom is 0.308 e. The third kappa shape index (κ3) is 3.46. The van der Waals surface area contributed by atoms with Crippen molar-refractivity contribution in [3.8, 4) is 0 Å². The van der Waals surface area contributed by atoms with Crippen LogP contribution in [0.25, 0.3) is 0 Å². The van der Waals surface area contributed by atoms with Crippen molar-refractivity contribution >= 4 is 5.69 Å². The lowest BCUT2D eigenvalue weighted by atomic mass is 10.0. The molecule has 0 saturated carbocycles. The fourth-order valence-corrected chi connectivity index (χ4v) is 1.94. The first-order chi connectivity index (χ1) is 8.49. The van der Waals surface area contributed by atoms with E-state index in [-0.39, 0.29) is 18.0 Å². The molecule has 0 radical (unpaired) electrons. The van der Waals surface area contributed by atoms with Gasteiger partial charge in [-0.15, -0.1) is 0 Å². The molecule has 0 aromatic heterocycles. The van der Waals surface area contributed by atoms with Crippen LogP contribution < -0.4 is 5.32 Å². The minimum absolute atomic E-state index is 0.0325. The highest BCUT2D eigenvalue weighted by Gasteiger charge is 2.23. The molecule has 4 nitrogen and oxygen atoms in total. The molecule has 100 valence electrons. The topological polar surface area (TPSA) is 55.2 Å². The van der Waals surface area contributed by atoms with E-state index in [0.717, 1.165) is 18.9 Å². The predicted molar refractivity (Wildman–Crippen MR) is 64.5 cm³/mol. The zero-order valence-corrected chi connectivity index (χ0v) is 10.4. The molecule has 1 aromatic rings. The number of nitrogens with one attached hydrogen (secondary N) is 1. The standard InChI is InChI=1S/C12H16F2N2O2/c1-3-4-10(15-2)6-8-5-9(13)7-11(14)12(8)16(17)18/h5,7,10,15H,3-4,6H2,1-2H3. The van der Waals surface area contributed by atoms with Gasteiger partial charge in [0.1, 0.15) is 5.82 Å². The lowest BCUT2D eigenvalue weighted by Gasteiger charge is -2.15. The summed E-state index contributed by atoms with van der Waals surface area (Å²) in [6.07, 6.45) is 1.90. The second kappa shape index (κ2) is 6.39. The van der Waals surface area contributed by atoms with Crippen LogP contribution in [0.15, 0.2) is 12.1 Å². The zero-order chi connectivity index (χ0) is 13.7. The van der Waals surface area contributed by atoms with Gasteiger partial charge in [-0.25, -0.2) is 4.39 Å². The third-order valence-corrected chi connectivity index (χ3v) is 2.80. The number of benzene rings is 1. The van der Waals surface area contributed by atoms with E-state index in [2.05, 4.69) is 5.32 Å². The Labute approximate surface area is 104 Å². The van der Waals surface area contributed by atoms with E-state index in [4.69, 9.17) is 0 Å². The molecule has 0 amide bonds. The maximum atomic E-state index is 13.4. The first kappa shape index (κ1) is 14.5. The molecule has 18 heavy (non-hydrogen) atoms. The summed E-state index contributed by atoms with van der Waals surface area (Å²) < 4.78 is 26.5. The number of likely N-dealkylation sites (N-methyl/N-ethyl adjacent to an activating group) is 1. The van der Waals surface area contributed by atoms with E-state index >= 15 is 0 Å². The van der Waals surface area contributed by atoms with Gasteiger partial charge in [0.25, 0.3) is 0 Å². The Morgan fingerprint density at radius 2 is 2.11 bits per heavy atom. The van der Waals surface area contributed by atoms with Gasteiger partial charge in [-0.05, 0) is 26.0 Å². The van der Waals surface area contributed by atoms with Crippen molar-refractivity contribution in [2.45, 2.75) is 32.2 Å². The van der Waals surface area contributed by atoms with Crippen molar-refractivity contribution in [2.24, 2.45) is 0 Å². The summed E-state index contributed by atoms with van der Waals surface area (Å²) in [7, 11) is 1.72. The summed E-state index contributed by atoms with van der Waals surface area (Å²) in [6.45, 7) is 1.98. The van der Waals surface area contributed by atoms with Crippen LogP contribution >= 0.6 is 0 Å². The number of nitro benzene ring substituents is 1. The van der Waals surface area contributed by atoms with Crippen molar-refractivity contribution in [3.63, 3.8) is 0 Å². The quantitative estimate of drug-likeness (QED) is 0.630. The molecule has 0 bridgehead atoms. The van der Waals surface area contributed by atoms with Crippen molar-refractivity contribution < 1.29 is 13.7 Å². The Morgan fingerprint density at radius 3 is 2.61 bits per heavy atom. The summed E-state index contributed by atoms with van der Waals surface area (Å²) in [5, 5.41) is 13.8. The Kier molecular flexibility index (Phi) is 5.15. The van der Waals surface area contributed by atoms with Gasteiger partial charge >= 0.3 is 5.69 Å². The van der Waals surface area contributed by atoms with Gasteiger partial charge in [-0.2, -0.15) is 4.39 Å². The second-order valence-corrected chi connectivity index (χ2v) is 4.13. The average molecular weight is 258 g/mol. The van der Waals surface area contributed by atoms with Gasteiger partial charge in [0, 0.05) is 17.7 Å². The van der Waals surface area contributed by atoms with E-state index in [9.17, 15) is 18.9 Å². The fourth-order valence-electron chi connectivity index (χ4n) is 1.94. The van der Waals surface area contributed by atoms with E-state index < -0.39 is 22.2 Å². The van der Waals surface area contributed by atoms with Gasteiger partial charge < -0.3 is 5.32 Å². The second-order valence-electron chi connectivity index (χ2n) is 4.13. The lowest BCUT2D eigenvalue weighted by molar-refractivity contribution is -0.388. The smallest absolute Gasteiger partial charge is 0.308 e. The summed E-state index contributed by atoms with van der Waals surface area (Å²) in [5.74, 6) is -1.92. The minimum Gasteiger partial charge on any atom is -0.317 e. The van der Waals surface area contributed by atoms with E-state index in [1.165, 1.54) is 0 Å². The molecular formula is C12H16F2N2O2. The van der Waals surface area contributed by atoms with Crippen LogP contribution in [-0.4, -0.2) is 18.0 Å². The minimum atomic E-state index is -1.12.